The van der Waals surface area contributed by atoms with Gasteiger partial charge in [0.25, 0.3) is 5.82 Å². The molecule has 0 bridgehead atoms. The average molecular weight is 532 g/mol. The second-order valence-corrected chi connectivity index (χ2v) is 12.6. The van der Waals surface area contributed by atoms with Crippen LogP contribution in [0.1, 0.15) is 219 Å². The monoisotopic (exact) mass is 532 g/mol. The summed E-state index contributed by atoms with van der Waals surface area (Å²) in [5.74, 6) is 2.22. The van der Waals surface area contributed by atoms with Crippen LogP contribution in [0.2, 0.25) is 0 Å². The molecule has 0 aliphatic heterocycles. The lowest BCUT2D eigenvalue weighted by Gasteiger charge is -2.17. The van der Waals surface area contributed by atoms with Crippen LogP contribution in [0.3, 0.4) is 0 Å². The average Bonchev–Trinajstić information content (AvgIpc) is 3.42. The first-order valence-electron chi connectivity index (χ1n) is 17.8. The molecule has 1 aromatic heterocycles. The Kier molecular flexibility index (Phi) is 24.5. The van der Waals surface area contributed by atoms with E-state index in [1.165, 1.54) is 179 Å². The number of aromatic nitrogens is 2. The third kappa shape index (κ3) is 18.5. The van der Waals surface area contributed by atoms with Gasteiger partial charge in [0.1, 0.15) is 12.4 Å². The van der Waals surface area contributed by atoms with E-state index >= 15 is 0 Å². The molecular formula is C36H71N2+. The van der Waals surface area contributed by atoms with Crippen LogP contribution in [0.25, 0.3) is 0 Å². The van der Waals surface area contributed by atoms with Crippen molar-refractivity contribution >= 4 is 0 Å². The molecule has 2 nitrogen and oxygen atoms in total. The minimum atomic E-state index is 0.623. The minimum Gasteiger partial charge on any atom is -0.247 e. The molecule has 2 heteroatoms. The van der Waals surface area contributed by atoms with Crippen LogP contribution in [0.15, 0.2) is 12.4 Å². The van der Waals surface area contributed by atoms with Crippen molar-refractivity contribution in [3.05, 3.63) is 18.2 Å². The summed E-state index contributed by atoms with van der Waals surface area (Å²) in [4.78, 5) is 3.68. The Balaban J connectivity index is 2.14. The number of nitrogens with zero attached hydrogens (tertiary/aromatic N) is 1. The predicted octanol–water partition coefficient (Wildman–Crippen LogP) is 12.5. The minimum absolute atomic E-state index is 0.623. The van der Waals surface area contributed by atoms with Crippen LogP contribution in [-0.4, -0.2) is 4.98 Å². The van der Waals surface area contributed by atoms with E-state index in [1.54, 1.807) is 0 Å². The molecule has 0 radical (unpaired) electrons. The SMILES string of the molecule is CCCCCCCCCCCCCCCCCCCC(CCCC)c1[nH]cc[n+]1C(C)CCCCCCC. The highest BCUT2D eigenvalue weighted by atomic mass is 15.1. The molecule has 0 aliphatic carbocycles. The first-order chi connectivity index (χ1) is 18.7. The van der Waals surface area contributed by atoms with E-state index in [9.17, 15) is 0 Å². The zero-order valence-electron chi connectivity index (χ0n) is 26.8. The fraction of sp³-hybridized carbons (Fsp3) is 0.917. The quantitative estimate of drug-likeness (QED) is 0.0783. The Morgan fingerprint density at radius 1 is 0.500 bits per heavy atom. The number of hydrogen-bond donors (Lipinski definition) is 1. The van der Waals surface area contributed by atoms with Gasteiger partial charge in [0, 0.05) is 0 Å². The van der Waals surface area contributed by atoms with E-state index in [2.05, 4.69) is 49.6 Å². The van der Waals surface area contributed by atoms with Gasteiger partial charge in [-0.15, -0.1) is 0 Å². The van der Waals surface area contributed by atoms with Crippen molar-refractivity contribution in [2.24, 2.45) is 0 Å². The summed E-state index contributed by atoms with van der Waals surface area (Å²) in [5.41, 5.74) is 0. The molecule has 1 heterocycles. The summed E-state index contributed by atoms with van der Waals surface area (Å²) >= 11 is 0. The van der Waals surface area contributed by atoms with Crippen molar-refractivity contribution in [1.82, 2.24) is 4.98 Å². The zero-order chi connectivity index (χ0) is 27.5. The van der Waals surface area contributed by atoms with Crippen LogP contribution < -0.4 is 4.57 Å². The van der Waals surface area contributed by atoms with E-state index in [-0.39, 0.29) is 0 Å². The number of rotatable bonds is 29. The largest absolute Gasteiger partial charge is 0.257 e. The van der Waals surface area contributed by atoms with Gasteiger partial charge in [0.05, 0.1) is 12.0 Å². The van der Waals surface area contributed by atoms with E-state index in [4.69, 9.17) is 0 Å². The van der Waals surface area contributed by atoms with Crippen molar-refractivity contribution in [2.45, 2.75) is 213 Å². The molecule has 0 aliphatic rings. The van der Waals surface area contributed by atoms with Crippen LogP contribution in [-0.2, 0) is 0 Å². The fourth-order valence-corrected chi connectivity index (χ4v) is 6.24. The molecule has 0 aromatic carbocycles. The lowest BCUT2D eigenvalue weighted by Crippen LogP contribution is -2.41. The van der Waals surface area contributed by atoms with Gasteiger partial charge >= 0.3 is 0 Å². The zero-order valence-corrected chi connectivity index (χ0v) is 26.8. The number of aromatic amines is 1. The lowest BCUT2D eigenvalue weighted by molar-refractivity contribution is -0.727. The van der Waals surface area contributed by atoms with E-state index < -0.39 is 0 Å². The Morgan fingerprint density at radius 3 is 1.32 bits per heavy atom. The van der Waals surface area contributed by atoms with Crippen LogP contribution in [0, 0.1) is 0 Å². The molecule has 224 valence electrons. The molecular weight excluding hydrogens is 460 g/mol. The highest BCUT2D eigenvalue weighted by molar-refractivity contribution is 4.90. The Hall–Kier alpha value is -0.790. The maximum absolute atomic E-state index is 3.68. The standard InChI is InChI=1S/C36H70N2/c1-5-8-11-13-14-15-16-17-18-19-20-21-22-23-24-26-28-31-35(30-10-7-3)36-37-32-33-38(36)34(4)29-27-25-12-9-6-2/h32-35H,5-31H2,1-4H3/p+1. The maximum Gasteiger partial charge on any atom is 0.257 e. The second-order valence-electron chi connectivity index (χ2n) is 12.6. The van der Waals surface area contributed by atoms with Gasteiger partial charge in [-0.25, -0.2) is 9.55 Å². The van der Waals surface area contributed by atoms with Crippen LogP contribution in [0.4, 0.5) is 0 Å². The first-order valence-corrected chi connectivity index (χ1v) is 17.8. The second kappa shape index (κ2) is 26.4. The molecule has 1 rings (SSSR count). The highest BCUT2D eigenvalue weighted by Crippen LogP contribution is 2.26. The summed E-state index contributed by atoms with van der Waals surface area (Å²) in [5, 5.41) is 0. The van der Waals surface area contributed by atoms with E-state index in [0.29, 0.717) is 12.0 Å². The molecule has 0 fully saturated rings. The topological polar surface area (TPSA) is 19.7 Å². The van der Waals surface area contributed by atoms with Crippen LogP contribution >= 0.6 is 0 Å². The van der Waals surface area contributed by atoms with Gasteiger partial charge in [-0.3, -0.25) is 0 Å². The Morgan fingerprint density at radius 2 is 0.868 bits per heavy atom. The third-order valence-electron chi connectivity index (χ3n) is 8.89. The molecule has 0 saturated heterocycles. The van der Waals surface area contributed by atoms with E-state index in [0.717, 1.165) is 0 Å². The first kappa shape index (κ1) is 35.2. The number of nitrogens with one attached hydrogen (secondary N) is 1. The maximum atomic E-state index is 3.68. The van der Waals surface area contributed by atoms with Crippen molar-refractivity contribution in [3.63, 3.8) is 0 Å². The third-order valence-corrected chi connectivity index (χ3v) is 8.89. The molecule has 0 amide bonds. The van der Waals surface area contributed by atoms with Gasteiger partial charge in [-0.1, -0.05) is 168 Å². The summed E-state index contributed by atoms with van der Waals surface area (Å²) in [6.07, 6.45) is 42.8. The predicted molar refractivity (Wildman–Crippen MR) is 170 cm³/mol. The van der Waals surface area contributed by atoms with Gasteiger partial charge < -0.3 is 0 Å². The van der Waals surface area contributed by atoms with Gasteiger partial charge in [0.15, 0.2) is 0 Å². The van der Waals surface area contributed by atoms with Crippen molar-refractivity contribution in [2.75, 3.05) is 0 Å². The van der Waals surface area contributed by atoms with Gasteiger partial charge in [-0.05, 0) is 32.6 Å². The summed E-state index contributed by atoms with van der Waals surface area (Å²) in [6, 6.07) is 0.623. The normalized spacial score (nSPS) is 13.3. The molecule has 0 spiro atoms. The molecule has 1 N–H and O–H groups in total. The molecule has 38 heavy (non-hydrogen) atoms. The van der Waals surface area contributed by atoms with E-state index in [1.807, 2.05) is 0 Å². The summed E-state index contributed by atoms with van der Waals surface area (Å²) in [7, 11) is 0. The van der Waals surface area contributed by atoms with Crippen LogP contribution in [0.5, 0.6) is 0 Å². The van der Waals surface area contributed by atoms with Crippen molar-refractivity contribution in [3.8, 4) is 0 Å². The molecule has 0 saturated carbocycles. The smallest absolute Gasteiger partial charge is 0.247 e. The molecule has 1 aromatic rings. The number of unbranched alkanes of at least 4 members (excludes halogenated alkanes) is 21. The Bertz CT molecular complexity index is 592. The number of H-pyrrole nitrogens is 1. The Labute approximate surface area is 240 Å². The van der Waals surface area contributed by atoms with Crippen molar-refractivity contribution < 1.29 is 4.57 Å². The summed E-state index contributed by atoms with van der Waals surface area (Å²) < 4.78 is 2.59. The number of imidazole rings is 1. The molecule has 2 atom stereocenters. The number of hydrogen-bond acceptors (Lipinski definition) is 0. The van der Waals surface area contributed by atoms with Gasteiger partial charge in [0.2, 0.25) is 0 Å². The van der Waals surface area contributed by atoms with Gasteiger partial charge in [-0.2, -0.15) is 0 Å². The highest BCUT2D eigenvalue weighted by Gasteiger charge is 2.25. The lowest BCUT2D eigenvalue weighted by atomic mass is 9.93. The summed E-state index contributed by atoms with van der Waals surface area (Å²) in [6.45, 7) is 9.39. The van der Waals surface area contributed by atoms with Crippen molar-refractivity contribution in [1.29, 1.82) is 0 Å². The fourth-order valence-electron chi connectivity index (χ4n) is 6.24. The molecule has 2 unspecified atom stereocenters.